The maximum atomic E-state index is 15.1. The molecule has 3 aromatic rings. The van der Waals surface area contributed by atoms with E-state index in [-0.39, 0.29) is 35.7 Å². The molecule has 2 aromatic carbocycles. The summed E-state index contributed by atoms with van der Waals surface area (Å²) in [4.78, 5) is 21.6. The number of amides is 1. The minimum atomic E-state index is -0.779. The first kappa shape index (κ1) is 20.6. The van der Waals surface area contributed by atoms with Crippen molar-refractivity contribution in [3.8, 4) is 0 Å². The van der Waals surface area contributed by atoms with Crippen molar-refractivity contribution in [2.45, 2.75) is 0 Å². The smallest absolute Gasteiger partial charge is 0.277 e. The van der Waals surface area contributed by atoms with Gasteiger partial charge in [-0.05, 0) is 24.3 Å². The van der Waals surface area contributed by atoms with Gasteiger partial charge in [0.05, 0.1) is 42.0 Å². The molecule has 1 aromatic heterocycles. The molecule has 2 N–H and O–H groups in total. The highest BCUT2D eigenvalue weighted by molar-refractivity contribution is 9.10. The van der Waals surface area contributed by atoms with E-state index >= 15 is 4.39 Å². The molecular formula is C17H16BrF2N4O3P. The largest absolute Gasteiger partial charge is 0.363 e. The number of carbonyl (C=O) groups is 1. The number of fused-ring (bicyclic) bond motifs is 1. The Hall–Kier alpha value is -2.13. The van der Waals surface area contributed by atoms with Crippen LogP contribution in [0.4, 0.5) is 20.2 Å². The molecule has 1 unspecified atom stereocenters. The Morgan fingerprint density at radius 3 is 2.82 bits per heavy atom. The number of benzene rings is 2. The summed E-state index contributed by atoms with van der Waals surface area (Å²) in [5.41, 5.74) is 2.40. The van der Waals surface area contributed by atoms with E-state index in [1.165, 1.54) is 24.5 Å². The summed E-state index contributed by atoms with van der Waals surface area (Å²) < 4.78 is 36.2. The standard InChI is InChI=1S/C17H16BrF2N4O3P/c1-24-8-21-16-13(24)7-10(17(25)23-26-4-5-27-28)15(14(16)20)22-12-3-2-9(18)6-11(12)19/h2-3,6-8,22H,4-5,28H2,1H3,(H,23,25). The minimum Gasteiger partial charge on any atom is -0.363 e. The first-order chi connectivity index (χ1) is 13.4. The van der Waals surface area contributed by atoms with Crippen LogP contribution in [0.5, 0.6) is 0 Å². The highest BCUT2D eigenvalue weighted by atomic mass is 79.9. The summed E-state index contributed by atoms with van der Waals surface area (Å²) >= 11 is 3.16. The lowest BCUT2D eigenvalue weighted by molar-refractivity contribution is 0.0221. The van der Waals surface area contributed by atoms with Crippen LogP contribution >= 0.6 is 25.4 Å². The number of anilines is 2. The van der Waals surface area contributed by atoms with Gasteiger partial charge in [0.25, 0.3) is 5.91 Å². The molecule has 1 atom stereocenters. The van der Waals surface area contributed by atoms with Crippen LogP contribution in [0, 0.1) is 11.6 Å². The molecule has 7 nitrogen and oxygen atoms in total. The number of hydrogen-bond acceptors (Lipinski definition) is 5. The van der Waals surface area contributed by atoms with Crippen LogP contribution in [-0.4, -0.2) is 28.7 Å². The maximum Gasteiger partial charge on any atom is 0.277 e. The zero-order valence-electron chi connectivity index (χ0n) is 14.6. The van der Waals surface area contributed by atoms with Crippen molar-refractivity contribution in [1.82, 2.24) is 15.0 Å². The number of rotatable bonds is 7. The second-order valence-corrected chi connectivity index (χ2v) is 6.98. The second kappa shape index (κ2) is 8.91. The molecule has 0 radical (unpaired) electrons. The van der Waals surface area contributed by atoms with Gasteiger partial charge in [-0.3, -0.25) is 9.63 Å². The fourth-order valence-electron chi connectivity index (χ4n) is 2.51. The van der Waals surface area contributed by atoms with E-state index in [0.717, 1.165) is 0 Å². The molecule has 0 fully saturated rings. The summed E-state index contributed by atoms with van der Waals surface area (Å²) in [6, 6.07) is 5.70. The number of halogens is 3. The quantitative estimate of drug-likeness (QED) is 0.310. The van der Waals surface area contributed by atoms with Crippen LogP contribution in [0.25, 0.3) is 11.0 Å². The Labute approximate surface area is 169 Å². The summed E-state index contributed by atoms with van der Waals surface area (Å²) in [7, 11) is 3.73. The summed E-state index contributed by atoms with van der Waals surface area (Å²) in [6.07, 6.45) is 1.42. The summed E-state index contributed by atoms with van der Waals surface area (Å²) in [5, 5.41) is 2.66. The molecule has 0 bridgehead atoms. The van der Waals surface area contributed by atoms with Crippen molar-refractivity contribution >= 4 is 53.7 Å². The van der Waals surface area contributed by atoms with Crippen molar-refractivity contribution in [1.29, 1.82) is 0 Å². The molecule has 1 heterocycles. The van der Waals surface area contributed by atoms with Gasteiger partial charge in [-0.2, -0.15) is 0 Å². The highest BCUT2D eigenvalue weighted by Gasteiger charge is 2.22. The lowest BCUT2D eigenvalue weighted by atomic mass is 10.1. The topological polar surface area (TPSA) is 77.4 Å². The van der Waals surface area contributed by atoms with E-state index in [1.807, 2.05) is 0 Å². The SMILES string of the molecule is Cn1cnc2c(F)c(Nc3ccc(Br)cc3F)c(C(=O)NOCCOP)cc21. The Morgan fingerprint density at radius 2 is 2.11 bits per heavy atom. The van der Waals surface area contributed by atoms with E-state index < -0.39 is 17.5 Å². The first-order valence-electron chi connectivity index (χ1n) is 8.01. The van der Waals surface area contributed by atoms with Gasteiger partial charge in [0.2, 0.25) is 0 Å². The zero-order chi connectivity index (χ0) is 20.3. The number of nitrogens with one attached hydrogen (secondary N) is 2. The lowest BCUT2D eigenvalue weighted by Gasteiger charge is -2.15. The Kier molecular flexibility index (Phi) is 6.56. The average Bonchev–Trinajstić information content (AvgIpc) is 3.03. The van der Waals surface area contributed by atoms with Crippen LogP contribution in [0.3, 0.4) is 0 Å². The molecule has 0 saturated carbocycles. The fourth-order valence-corrected chi connectivity index (χ4v) is 2.94. The highest BCUT2D eigenvalue weighted by Crippen LogP contribution is 2.32. The molecule has 0 aliphatic carbocycles. The molecule has 0 aliphatic rings. The predicted octanol–water partition coefficient (Wildman–Crippen LogP) is 3.83. The third kappa shape index (κ3) is 4.30. The number of hydroxylamine groups is 1. The van der Waals surface area contributed by atoms with Crippen LogP contribution in [0.1, 0.15) is 10.4 Å². The molecule has 148 valence electrons. The van der Waals surface area contributed by atoms with E-state index in [0.29, 0.717) is 9.99 Å². The Balaban J connectivity index is 2.03. The molecule has 1 amide bonds. The number of carbonyl (C=O) groups excluding carboxylic acids is 1. The maximum absolute atomic E-state index is 15.1. The summed E-state index contributed by atoms with van der Waals surface area (Å²) in [5.74, 6) is -2.10. The van der Waals surface area contributed by atoms with Crippen LogP contribution in [0.15, 0.2) is 35.1 Å². The van der Waals surface area contributed by atoms with Gasteiger partial charge in [0.1, 0.15) is 11.3 Å². The van der Waals surface area contributed by atoms with E-state index in [9.17, 15) is 9.18 Å². The number of hydrogen-bond donors (Lipinski definition) is 2. The molecular weight excluding hydrogens is 457 g/mol. The van der Waals surface area contributed by atoms with Crippen molar-refractivity contribution in [2.75, 3.05) is 18.5 Å². The van der Waals surface area contributed by atoms with E-state index in [4.69, 9.17) is 9.36 Å². The number of nitrogens with zero attached hydrogens (tertiary/aromatic N) is 2. The normalized spacial score (nSPS) is 11.0. The van der Waals surface area contributed by atoms with E-state index in [1.54, 1.807) is 17.7 Å². The van der Waals surface area contributed by atoms with Crippen LogP contribution in [0.2, 0.25) is 0 Å². The molecule has 28 heavy (non-hydrogen) atoms. The van der Waals surface area contributed by atoms with Gasteiger partial charge in [0.15, 0.2) is 5.82 Å². The third-order valence-electron chi connectivity index (χ3n) is 3.86. The van der Waals surface area contributed by atoms with Gasteiger partial charge < -0.3 is 14.4 Å². The predicted molar refractivity (Wildman–Crippen MR) is 107 cm³/mol. The van der Waals surface area contributed by atoms with Crippen molar-refractivity contribution in [2.24, 2.45) is 7.05 Å². The Morgan fingerprint density at radius 1 is 1.32 bits per heavy atom. The molecule has 0 saturated heterocycles. The monoisotopic (exact) mass is 472 g/mol. The van der Waals surface area contributed by atoms with Gasteiger partial charge >= 0.3 is 0 Å². The second-order valence-electron chi connectivity index (χ2n) is 5.74. The molecule has 0 aliphatic heterocycles. The molecule has 3 rings (SSSR count). The number of aromatic nitrogens is 2. The van der Waals surface area contributed by atoms with Gasteiger partial charge in [-0.25, -0.2) is 19.2 Å². The lowest BCUT2D eigenvalue weighted by Crippen LogP contribution is -2.26. The summed E-state index contributed by atoms with van der Waals surface area (Å²) in [6.45, 7) is 0.324. The van der Waals surface area contributed by atoms with Crippen molar-refractivity contribution in [3.63, 3.8) is 0 Å². The Bertz CT molecular complexity index is 1030. The minimum absolute atomic E-state index is 0.00348. The van der Waals surface area contributed by atoms with Crippen LogP contribution in [-0.2, 0) is 16.4 Å². The molecule has 11 heteroatoms. The van der Waals surface area contributed by atoms with Gasteiger partial charge in [-0.1, -0.05) is 15.9 Å². The van der Waals surface area contributed by atoms with Gasteiger partial charge in [0, 0.05) is 21.0 Å². The van der Waals surface area contributed by atoms with Crippen LogP contribution < -0.4 is 10.8 Å². The first-order valence-corrected chi connectivity index (χ1v) is 9.28. The van der Waals surface area contributed by atoms with Gasteiger partial charge in [-0.15, -0.1) is 0 Å². The van der Waals surface area contributed by atoms with Crippen molar-refractivity contribution < 1.29 is 22.9 Å². The average molecular weight is 473 g/mol. The van der Waals surface area contributed by atoms with Crippen molar-refractivity contribution in [3.05, 3.63) is 52.3 Å². The zero-order valence-corrected chi connectivity index (χ0v) is 17.4. The number of aryl methyl sites for hydroxylation is 1. The fraction of sp³-hybridized carbons (Fsp3) is 0.176. The van der Waals surface area contributed by atoms with E-state index in [2.05, 4.69) is 41.2 Å². The third-order valence-corrected chi connectivity index (χ3v) is 4.59. The molecule has 0 spiro atoms. The number of imidazole rings is 1.